The van der Waals surface area contributed by atoms with Crippen LogP contribution in [-0.4, -0.2) is 18.7 Å². The number of primary amides is 1. The lowest BCUT2D eigenvalue weighted by molar-refractivity contribution is -0.114. The fraction of sp³-hybridized carbons (Fsp3) is 0.143. The van der Waals surface area contributed by atoms with Crippen LogP contribution in [0.25, 0.3) is 0 Å². The summed E-state index contributed by atoms with van der Waals surface area (Å²) < 4.78 is 5.32. The third kappa shape index (κ3) is 4.16. The van der Waals surface area contributed by atoms with Gasteiger partial charge in [0, 0.05) is 11.3 Å². The third-order valence-corrected chi connectivity index (χ3v) is 2.84. The smallest absolute Gasteiger partial charge is 0.266 e. The fourth-order valence-electron chi connectivity index (χ4n) is 1.75. The summed E-state index contributed by atoms with van der Waals surface area (Å²) in [6.45, 7) is 1.63. The SMILES string of the molecule is COc1c(NC(/C=C(\N)Cl)=C(/N)C(N)=O)cccc1C(C)=N. The fourth-order valence-corrected chi connectivity index (χ4v) is 1.86. The molecule has 0 saturated heterocycles. The van der Waals surface area contributed by atoms with Gasteiger partial charge in [0.05, 0.1) is 18.5 Å². The second-order valence-corrected chi connectivity index (χ2v) is 4.79. The third-order valence-electron chi connectivity index (χ3n) is 2.73. The van der Waals surface area contributed by atoms with Crippen LogP contribution >= 0.6 is 11.6 Å². The molecule has 0 aliphatic carbocycles. The molecule has 0 heterocycles. The number of para-hydroxylation sites is 1. The molecule has 0 atom stereocenters. The summed E-state index contributed by atoms with van der Waals surface area (Å²) in [4.78, 5) is 11.3. The van der Waals surface area contributed by atoms with E-state index < -0.39 is 5.91 Å². The molecule has 118 valence electrons. The van der Waals surface area contributed by atoms with Gasteiger partial charge in [-0.25, -0.2) is 0 Å². The number of amides is 1. The standard InChI is InChI=1S/C14H18ClN5O2/c1-7(16)8-4-3-5-9(13(8)22-2)20-10(6-11(15)17)12(18)14(19)21/h3-6,16,20H,17-18H2,1-2H3,(H2,19,21)/b11-6-,12-10+,16-7?. The van der Waals surface area contributed by atoms with Gasteiger partial charge in [0.2, 0.25) is 0 Å². The van der Waals surface area contributed by atoms with Crippen LogP contribution in [0.2, 0.25) is 0 Å². The lowest BCUT2D eigenvalue weighted by Crippen LogP contribution is -2.24. The molecule has 1 rings (SSSR count). The first-order valence-electron chi connectivity index (χ1n) is 6.19. The molecule has 0 unspecified atom stereocenters. The molecule has 0 bridgehead atoms. The summed E-state index contributed by atoms with van der Waals surface area (Å²) in [6, 6.07) is 5.15. The van der Waals surface area contributed by atoms with Crippen molar-refractivity contribution in [3.63, 3.8) is 0 Å². The number of ether oxygens (including phenoxy) is 1. The van der Waals surface area contributed by atoms with E-state index >= 15 is 0 Å². The molecule has 0 radical (unpaired) electrons. The van der Waals surface area contributed by atoms with Gasteiger partial charge in [0.15, 0.2) is 5.75 Å². The predicted octanol–water partition coefficient (Wildman–Crippen LogP) is 1.19. The number of anilines is 1. The number of allylic oxidation sites excluding steroid dienone is 1. The summed E-state index contributed by atoms with van der Waals surface area (Å²) >= 11 is 5.63. The molecule has 0 aliphatic heterocycles. The van der Waals surface area contributed by atoms with Gasteiger partial charge in [-0.1, -0.05) is 17.7 Å². The second-order valence-electron chi connectivity index (χ2n) is 4.36. The van der Waals surface area contributed by atoms with Crippen molar-refractivity contribution in [3.8, 4) is 5.75 Å². The average Bonchev–Trinajstić information content (AvgIpc) is 2.44. The van der Waals surface area contributed by atoms with Crippen molar-refractivity contribution >= 4 is 28.9 Å². The number of nitrogens with one attached hydrogen (secondary N) is 2. The van der Waals surface area contributed by atoms with Crippen LogP contribution in [0.1, 0.15) is 12.5 Å². The van der Waals surface area contributed by atoms with E-state index in [1.54, 1.807) is 25.1 Å². The van der Waals surface area contributed by atoms with Crippen LogP contribution < -0.4 is 27.3 Å². The zero-order chi connectivity index (χ0) is 16.9. The lowest BCUT2D eigenvalue weighted by Gasteiger charge is -2.16. The molecule has 22 heavy (non-hydrogen) atoms. The summed E-state index contributed by atoms with van der Waals surface area (Å²) in [5.41, 5.74) is 17.5. The Labute approximate surface area is 133 Å². The maximum absolute atomic E-state index is 11.3. The molecule has 8 heteroatoms. The zero-order valence-corrected chi connectivity index (χ0v) is 13.0. The topological polar surface area (TPSA) is 140 Å². The highest BCUT2D eigenvalue weighted by molar-refractivity contribution is 6.29. The Morgan fingerprint density at radius 1 is 1.36 bits per heavy atom. The van der Waals surface area contributed by atoms with Gasteiger partial charge in [-0.15, -0.1) is 0 Å². The Morgan fingerprint density at radius 3 is 2.45 bits per heavy atom. The molecule has 0 spiro atoms. The molecule has 0 saturated carbocycles. The number of carbonyl (C=O) groups is 1. The van der Waals surface area contributed by atoms with E-state index in [-0.39, 0.29) is 16.6 Å². The van der Waals surface area contributed by atoms with Gasteiger partial charge >= 0.3 is 0 Å². The minimum Gasteiger partial charge on any atom is -0.494 e. The maximum atomic E-state index is 11.3. The van der Waals surface area contributed by atoms with Crippen molar-refractivity contribution in [1.29, 1.82) is 5.41 Å². The van der Waals surface area contributed by atoms with Crippen molar-refractivity contribution in [1.82, 2.24) is 0 Å². The number of benzene rings is 1. The molecule has 1 aromatic carbocycles. The van der Waals surface area contributed by atoms with Crippen LogP contribution in [0.5, 0.6) is 5.75 Å². The number of nitrogens with two attached hydrogens (primary N) is 3. The van der Waals surface area contributed by atoms with E-state index in [4.69, 9.17) is 38.9 Å². The van der Waals surface area contributed by atoms with Crippen molar-refractivity contribution in [3.05, 3.63) is 46.4 Å². The molecular formula is C14H18ClN5O2. The van der Waals surface area contributed by atoms with Crippen molar-refractivity contribution in [2.45, 2.75) is 6.92 Å². The molecule has 8 N–H and O–H groups in total. The summed E-state index contributed by atoms with van der Waals surface area (Å²) in [5, 5.41) is 10.6. The molecule has 0 aliphatic rings. The van der Waals surface area contributed by atoms with Gasteiger partial charge in [0.25, 0.3) is 5.91 Å². The Kier molecular flexibility index (Phi) is 5.82. The van der Waals surface area contributed by atoms with Crippen LogP contribution in [0.4, 0.5) is 5.69 Å². The quantitative estimate of drug-likeness (QED) is 0.231. The van der Waals surface area contributed by atoms with Crippen LogP contribution in [0, 0.1) is 5.41 Å². The van der Waals surface area contributed by atoms with Crippen LogP contribution in [-0.2, 0) is 4.79 Å². The monoisotopic (exact) mass is 323 g/mol. The summed E-state index contributed by atoms with van der Waals surface area (Å²) in [7, 11) is 1.47. The minimum absolute atomic E-state index is 0.0787. The summed E-state index contributed by atoms with van der Waals surface area (Å²) in [5.74, 6) is -0.402. The second kappa shape index (κ2) is 7.37. The molecular weight excluding hydrogens is 306 g/mol. The number of halogens is 1. The lowest BCUT2D eigenvalue weighted by atomic mass is 10.1. The van der Waals surface area contributed by atoms with E-state index in [1.165, 1.54) is 13.2 Å². The highest BCUT2D eigenvalue weighted by Gasteiger charge is 2.14. The molecule has 0 fully saturated rings. The summed E-state index contributed by atoms with van der Waals surface area (Å²) in [6.07, 6.45) is 1.27. The number of hydrogen-bond donors (Lipinski definition) is 5. The van der Waals surface area contributed by atoms with Gasteiger partial charge in [0.1, 0.15) is 10.9 Å². The Hall–Kier alpha value is -2.67. The first-order chi connectivity index (χ1) is 10.3. The van der Waals surface area contributed by atoms with Crippen molar-refractivity contribution in [2.75, 3.05) is 12.4 Å². The number of hydrogen-bond acceptors (Lipinski definition) is 6. The molecule has 1 amide bonds. The van der Waals surface area contributed by atoms with Crippen molar-refractivity contribution < 1.29 is 9.53 Å². The van der Waals surface area contributed by atoms with Crippen LogP contribution in [0.15, 0.2) is 40.8 Å². The molecule has 0 aromatic heterocycles. The van der Waals surface area contributed by atoms with Gasteiger partial charge < -0.3 is 32.7 Å². The van der Waals surface area contributed by atoms with Crippen molar-refractivity contribution in [2.24, 2.45) is 17.2 Å². The zero-order valence-electron chi connectivity index (χ0n) is 12.2. The predicted molar refractivity (Wildman–Crippen MR) is 87.7 cm³/mol. The van der Waals surface area contributed by atoms with Gasteiger partial charge in [-0.3, -0.25) is 4.79 Å². The van der Waals surface area contributed by atoms with E-state index in [0.717, 1.165) is 0 Å². The Balaban J connectivity index is 3.40. The molecule has 1 aromatic rings. The maximum Gasteiger partial charge on any atom is 0.266 e. The van der Waals surface area contributed by atoms with E-state index in [2.05, 4.69) is 5.32 Å². The highest BCUT2D eigenvalue weighted by atomic mass is 35.5. The van der Waals surface area contributed by atoms with E-state index in [1.807, 2.05) is 0 Å². The number of rotatable bonds is 6. The average molecular weight is 324 g/mol. The normalized spacial score (nSPS) is 12.4. The largest absolute Gasteiger partial charge is 0.494 e. The number of carbonyl (C=O) groups excluding carboxylic acids is 1. The molecule has 7 nitrogen and oxygen atoms in total. The highest BCUT2D eigenvalue weighted by Crippen LogP contribution is 2.30. The van der Waals surface area contributed by atoms with E-state index in [9.17, 15) is 4.79 Å². The van der Waals surface area contributed by atoms with E-state index in [0.29, 0.717) is 22.7 Å². The number of methoxy groups -OCH3 is 1. The van der Waals surface area contributed by atoms with Gasteiger partial charge in [-0.05, 0) is 25.1 Å². The van der Waals surface area contributed by atoms with Crippen LogP contribution in [0.3, 0.4) is 0 Å². The van der Waals surface area contributed by atoms with Gasteiger partial charge in [-0.2, -0.15) is 0 Å². The Morgan fingerprint density at radius 2 is 2.00 bits per heavy atom. The minimum atomic E-state index is -0.824. The Bertz CT molecular complexity index is 663. The first-order valence-corrected chi connectivity index (χ1v) is 6.57. The first kappa shape index (κ1) is 17.4.